The minimum atomic E-state index is 0.122. The van der Waals surface area contributed by atoms with Gasteiger partial charge in [-0.05, 0) is 43.7 Å². The number of rotatable bonds is 5. The maximum Gasteiger partial charge on any atom is 0.224 e. The Hall–Kier alpha value is -1.58. The van der Waals surface area contributed by atoms with Crippen LogP contribution in [0.2, 0.25) is 0 Å². The van der Waals surface area contributed by atoms with Gasteiger partial charge < -0.3 is 10.6 Å². The molecule has 3 rings (SSSR count). The van der Waals surface area contributed by atoms with Gasteiger partial charge >= 0.3 is 0 Å². The van der Waals surface area contributed by atoms with Crippen molar-refractivity contribution in [1.29, 1.82) is 0 Å². The molecule has 0 saturated heterocycles. The fourth-order valence-corrected chi connectivity index (χ4v) is 2.68. The molecule has 2 fully saturated rings. The predicted molar refractivity (Wildman–Crippen MR) is 76.1 cm³/mol. The van der Waals surface area contributed by atoms with E-state index in [0.717, 1.165) is 11.5 Å². The molecule has 2 aliphatic carbocycles. The van der Waals surface area contributed by atoms with Crippen molar-refractivity contribution in [2.45, 2.75) is 51.0 Å². The standard InChI is InChI=1S/C15H21N3O/c19-15(9-11-3-1-2-4-11)18-13-7-8-14(16-10-13)17-12-5-6-12/h7-8,10-12H,1-6,9H2,(H,16,17)(H,18,19). The van der Waals surface area contributed by atoms with E-state index in [-0.39, 0.29) is 5.91 Å². The van der Waals surface area contributed by atoms with E-state index in [1.54, 1.807) is 6.20 Å². The monoisotopic (exact) mass is 259 g/mol. The van der Waals surface area contributed by atoms with Crippen molar-refractivity contribution < 1.29 is 4.79 Å². The van der Waals surface area contributed by atoms with Crippen LogP contribution in [-0.2, 0) is 4.79 Å². The molecule has 0 unspecified atom stereocenters. The Labute approximate surface area is 114 Å². The molecule has 4 heteroatoms. The molecule has 2 saturated carbocycles. The van der Waals surface area contributed by atoms with E-state index in [0.29, 0.717) is 18.4 Å². The summed E-state index contributed by atoms with van der Waals surface area (Å²) in [6.45, 7) is 0. The Morgan fingerprint density at radius 3 is 2.63 bits per heavy atom. The molecule has 0 bridgehead atoms. The van der Waals surface area contributed by atoms with E-state index in [1.165, 1.54) is 38.5 Å². The van der Waals surface area contributed by atoms with Crippen LogP contribution in [0, 0.1) is 5.92 Å². The van der Waals surface area contributed by atoms with Gasteiger partial charge in [-0.25, -0.2) is 4.98 Å². The molecule has 0 atom stereocenters. The highest BCUT2D eigenvalue weighted by Crippen LogP contribution is 2.28. The molecule has 2 aliphatic rings. The molecule has 0 spiro atoms. The fourth-order valence-electron chi connectivity index (χ4n) is 2.68. The molecule has 1 amide bonds. The number of carbonyl (C=O) groups excluding carboxylic acids is 1. The van der Waals surface area contributed by atoms with Gasteiger partial charge in [0.1, 0.15) is 5.82 Å². The Balaban J connectivity index is 1.49. The second-order valence-electron chi connectivity index (χ2n) is 5.75. The molecular formula is C15H21N3O. The first-order valence-corrected chi connectivity index (χ1v) is 7.32. The second-order valence-corrected chi connectivity index (χ2v) is 5.75. The molecule has 19 heavy (non-hydrogen) atoms. The van der Waals surface area contributed by atoms with Gasteiger partial charge in [-0.15, -0.1) is 0 Å². The van der Waals surface area contributed by atoms with Crippen LogP contribution in [-0.4, -0.2) is 16.9 Å². The van der Waals surface area contributed by atoms with Gasteiger partial charge in [0, 0.05) is 12.5 Å². The molecule has 0 aromatic carbocycles. The summed E-state index contributed by atoms with van der Waals surface area (Å²) in [5.41, 5.74) is 0.796. The average Bonchev–Trinajstić information content (AvgIpc) is 3.07. The normalized spacial score (nSPS) is 19.4. The first kappa shape index (κ1) is 12.5. The SMILES string of the molecule is O=C(CC1CCCC1)Nc1ccc(NC2CC2)nc1. The average molecular weight is 259 g/mol. The summed E-state index contributed by atoms with van der Waals surface area (Å²) in [4.78, 5) is 16.2. The maximum atomic E-state index is 11.9. The highest BCUT2D eigenvalue weighted by Gasteiger charge is 2.21. The third kappa shape index (κ3) is 3.69. The van der Waals surface area contributed by atoms with Gasteiger partial charge in [0.2, 0.25) is 5.91 Å². The molecule has 1 aromatic rings. The number of nitrogens with one attached hydrogen (secondary N) is 2. The van der Waals surface area contributed by atoms with Gasteiger partial charge in [0.25, 0.3) is 0 Å². The van der Waals surface area contributed by atoms with Crippen molar-refractivity contribution in [2.75, 3.05) is 10.6 Å². The van der Waals surface area contributed by atoms with Crippen LogP contribution in [0.1, 0.15) is 44.9 Å². The van der Waals surface area contributed by atoms with E-state index in [1.807, 2.05) is 12.1 Å². The molecular weight excluding hydrogens is 238 g/mol. The number of hydrogen-bond acceptors (Lipinski definition) is 3. The van der Waals surface area contributed by atoms with Crippen LogP contribution in [0.25, 0.3) is 0 Å². The first-order chi connectivity index (χ1) is 9.29. The summed E-state index contributed by atoms with van der Waals surface area (Å²) in [6.07, 6.45) is 9.83. The van der Waals surface area contributed by atoms with Crippen LogP contribution >= 0.6 is 0 Å². The number of pyridine rings is 1. The third-order valence-electron chi connectivity index (χ3n) is 3.93. The highest BCUT2D eigenvalue weighted by atomic mass is 16.1. The van der Waals surface area contributed by atoms with Crippen molar-refractivity contribution in [3.63, 3.8) is 0 Å². The van der Waals surface area contributed by atoms with Crippen LogP contribution < -0.4 is 10.6 Å². The number of carbonyl (C=O) groups is 1. The first-order valence-electron chi connectivity index (χ1n) is 7.32. The molecule has 1 aromatic heterocycles. The highest BCUT2D eigenvalue weighted by molar-refractivity contribution is 5.90. The summed E-state index contributed by atoms with van der Waals surface area (Å²) in [6, 6.07) is 4.46. The summed E-state index contributed by atoms with van der Waals surface area (Å²) in [7, 11) is 0. The number of amides is 1. The van der Waals surface area contributed by atoms with Crippen molar-refractivity contribution >= 4 is 17.4 Å². The number of hydrogen-bond donors (Lipinski definition) is 2. The van der Waals surface area contributed by atoms with Gasteiger partial charge in [-0.2, -0.15) is 0 Å². The summed E-state index contributed by atoms with van der Waals surface area (Å²) < 4.78 is 0. The van der Waals surface area contributed by atoms with Crippen LogP contribution in [0.15, 0.2) is 18.3 Å². The zero-order valence-corrected chi connectivity index (χ0v) is 11.2. The second kappa shape index (κ2) is 5.59. The molecule has 2 N–H and O–H groups in total. The quantitative estimate of drug-likeness (QED) is 0.854. The number of aromatic nitrogens is 1. The number of anilines is 2. The van der Waals surface area contributed by atoms with Gasteiger partial charge in [-0.3, -0.25) is 4.79 Å². The van der Waals surface area contributed by atoms with E-state index < -0.39 is 0 Å². The Bertz CT molecular complexity index is 433. The molecule has 0 aliphatic heterocycles. The summed E-state index contributed by atoms with van der Waals surface area (Å²) in [5.74, 6) is 1.61. The van der Waals surface area contributed by atoms with Gasteiger partial charge in [0.15, 0.2) is 0 Å². The molecule has 102 valence electrons. The molecule has 1 heterocycles. The fraction of sp³-hybridized carbons (Fsp3) is 0.600. The molecule has 0 radical (unpaired) electrons. The Morgan fingerprint density at radius 1 is 1.21 bits per heavy atom. The van der Waals surface area contributed by atoms with E-state index in [4.69, 9.17) is 0 Å². The van der Waals surface area contributed by atoms with Crippen LogP contribution in [0.3, 0.4) is 0 Å². The minimum absolute atomic E-state index is 0.122. The zero-order valence-electron chi connectivity index (χ0n) is 11.2. The largest absolute Gasteiger partial charge is 0.367 e. The van der Waals surface area contributed by atoms with Crippen LogP contribution in [0.5, 0.6) is 0 Å². The third-order valence-corrected chi connectivity index (χ3v) is 3.93. The Morgan fingerprint density at radius 2 is 2.00 bits per heavy atom. The lowest BCUT2D eigenvalue weighted by atomic mass is 10.0. The minimum Gasteiger partial charge on any atom is -0.367 e. The zero-order chi connectivity index (χ0) is 13.1. The van der Waals surface area contributed by atoms with Crippen molar-refractivity contribution in [2.24, 2.45) is 5.92 Å². The van der Waals surface area contributed by atoms with E-state index >= 15 is 0 Å². The summed E-state index contributed by atoms with van der Waals surface area (Å²) >= 11 is 0. The maximum absolute atomic E-state index is 11.9. The lowest BCUT2D eigenvalue weighted by Crippen LogP contribution is -2.15. The van der Waals surface area contributed by atoms with Gasteiger partial charge in [-0.1, -0.05) is 12.8 Å². The number of nitrogens with zero attached hydrogens (tertiary/aromatic N) is 1. The van der Waals surface area contributed by atoms with Gasteiger partial charge in [0.05, 0.1) is 11.9 Å². The van der Waals surface area contributed by atoms with Crippen molar-refractivity contribution in [3.8, 4) is 0 Å². The predicted octanol–water partition coefficient (Wildman–Crippen LogP) is 3.17. The molecule has 4 nitrogen and oxygen atoms in total. The van der Waals surface area contributed by atoms with Crippen molar-refractivity contribution in [1.82, 2.24) is 4.98 Å². The van der Waals surface area contributed by atoms with E-state index in [9.17, 15) is 4.79 Å². The Kier molecular flexibility index (Phi) is 3.67. The summed E-state index contributed by atoms with van der Waals surface area (Å²) in [5, 5.41) is 6.27. The lowest BCUT2D eigenvalue weighted by Gasteiger charge is -2.10. The smallest absolute Gasteiger partial charge is 0.224 e. The van der Waals surface area contributed by atoms with Crippen molar-refractivity contribution in [3.05, 3.63) is 18.3 Å². The van der Waals surface area contributed by atoms with Crippen LogP contribution in [0.4, 0.5) is 11.5 Å². The topological polar surface area (TPSA) is 54.0 Å². The lowest BCUT2D eigenvalue weighted by molar-refractivity contribution is -0.117. The van der Waals surface area contributed by atoms with E-state index in [2.05, 4.69) is 15.6 Å².